The van der Waals surface area contributed by atoms with Crippen LogP contribution in [-0.2, 0) is 12.6 Å². The normalized spacial score (nSPS) is 23.2. The Balaban J connectivity index is 2.13. The van der Waals surface area contributed by atoms with Crippen LogP contribution >= 0.6 is 0 Å². The monoisotopic (exact) mass is 287 g/mol. The summed E-state index contributed by atoms with van der Waals surface area (Å²) in [4.78, 5) is 4.03. The van der Waals surface area contributed by atoms with E-state index in [1.807, 2.05) is 0 Å². The SMILES string of the molecule is [2H]c1c(C(F)(F)F)c([2H])c2nc(C[C@@H]3CCCCN3)c([2H])n2c1[2H]. The second kappa shape index (κ2) is 5.09. The van der Waals surface area contributed by atoms with Crippen LogP contribution in [0.4, 0.5) is 13.2 Å². The molecule has 0 saturated carbocycles. The molecular weight excluding hydrogens is 267 g/mol. The molecule has 0 amide bonds. The highest BCUT2D eigenvalue weighted by Gasteiger charge is 2.30. The third-order valence-corrected chi connectivity index (χ3v) is 3.36. The van der Waals surface area contributed by atoms with Gasteiger partial charge in [-0.25, -0.2) is 4.98 Å². The number of hydrogen-bond donors (Lipinski definition) is 1. The van der Waals surface area contributed by atoms with E-state index in [0.717, 1.165) is 30.2 Å². The van der Waals surface area contributed by atoms with Crippen molar-refractivity contribution in [3.8, 4) is 0 Å². The summed E-state index contributed by atoms with van der Waals surface area (Å²) < 4.78 is 71.3. The number of hydrogen-bond acceptors (Lipinski definition) is 2. The largest absolute Gasteiger partial charge is 0.416 e. The quantitative estimate of drug-likeness (QED) is 0.920. The molecule has 0 spiro atoms. The maximum atomic E-state index is 13.1. The van der Waals surface area contributed by atoms with E-state index in [9.17, 15) is 13.2 Å². The van der Waals surface area contributed by atoms with Gasteiger partial charge < -0.3 is 9.72 Å². The standard InChI is InChI=1S/C14H16F3N3/c15-14(16,17)10-4-6-20-9-12(19-13(20)7-10)8-11-3-1-2-5-18-11/h4,6-7,9,11,18H,1-3,5,8H2/t11-/m0/s1/i4D,6D,7D,9D. The van der Waals surface area contributed by atoms with E-state index >= 15 is 0 Å². The third-order valence-electron chi connectivity index (χ3n) is 3.36. The highest BCUT2D eigenvalue weighted by atomic mass is 19.4. The molecule has 1 N–H and O–H groups in total. The van der Waals surface area contributed by atoms with Crippen molar-refractivity contribution in [3.05, 3.63) is 35.7 Å². The van der Waals surface area contributed by atoms with E-state index in [4.69, 9.17) is 5.48 Å². The number of imidazole rings is 1. The highest BCUT2D eigenvalue weighted by molar-refractivity contribution is 5.43. The van der Waals surface area contributed by atoms with Crippen LogP contribution in [0.3, 0.4) is 0 Å². The average Bonchev–Trinajstić information content (AvgIpc) is 2.82. The first kappa shape index (κ1) is 9.39. The minimum Gasteiger partial charge on any atom is -0.314 e. The molecule has 2 aromatic rings. The van der Waals surface area contributed by atoms with Crippen molar-refractivity contribution in [2.75, 3.05) is 6.54 Å². The first-order valence-corrected chi connectivity index (χ1v) is 6.50. The first-order chi connectivity index (χ1) is 11.2. The molecule has 1 fully saturated rings. The number of nitrogens with zero attached hydrogens (tertiary/aromatic N) is 2. The number of pyridine rings is 1. The van der Waals surface area contributed by atoms with E-state index in [2.05, 4.69) is 10.3 Å². The number of fused-ring (bicyclic) bond motifs is 1. The van der Waals surface area contributed by atoms with Gasteiger partial charge in [0, 0.05) is 24.8 Å². The Kier molecular flexibility index (Phi) is 2.39. The molecule has 3 rings (SSSR count). The van der Waals surface area contributed by atoms with E-state index < -0.39 is 30.0 Å². The summed E-state index contributed by atoms with van der Waals surface area (Å²) >= 11 is 0. The Hall–Kier alpha value is -1.56. The minimum atomic E-state index is -4.91. The number of nitrogens with one attached hydrogen (secondary N) is 1. The van der Waals surface area contributed by atoms with Crippen LogP contribution in [0.15, 0.2) is 24.4 Å². The van der Waals surface area contributed by atoms with E-state index in [1.165, 1.54) is 0 Å². The van der Waals surface area contributed by atoms with Crippen LogP contribution in [0, 0.1) is 0 Å². The lowest BCUT2D eigenvalue weighted by atomic mass is 10.0. The summed E-state index contributed by atoms with van der Waals surface area (Å²) in [6, 6.07) is -1.98. The Morgan fingerprint density at radius 3 is 3.00 bits per heavy atom. The van der Waals surface area contributed by atoms with Crippen LogP contribution < -0.4 is 5.32 Å². The molecule has 0 unspecified atom stereocenters. The predicted octanol–water partition coefficient (Wildman–Crippen LogP) is 3.04. The molecule has 20 heavy (non-hydrogen) atoms. The van der Waals surface area contributed by atoms with Gasteiger partial charge in [0.25, 0.3) is 0 Å². The number of halogens is 3. The molecule has 1 aliphatic heterocycles. The summed E-state index contributed by atoms with van der Waals surface area (Å²) in [7, 11) is 0. The highest BCUT2D eigenvalue weighted by Crippen LogP contribution is 2.29. The van der Waals surface area contributed by atoms with Gasteiger partial charge in [-0.1, -0.05) is 6.42 Å². The van der Waals surface area contributed by atoms with Crippen molar-refractivity contribution < 1.29 is 18.7 Å². The van der Waals surface area contributed by atoms with Gasteiger partial charge in [0.2, 0.25) is 0 Å². The predicted molar refractivity (Wildman–Crippen MR) is 69.5 cm³/mol. The minimum absolute atomic E-state index is 0.0775. The number of piperidine rings is 1. The molecule has 0 bridgehead atoms. The fourth-order valence-corrected chi connectivity index (χ4v) is 2.37. The Labute approximate surface area is 120 Å². The van der Waals surface area contributed by atoms with E-state index in [1.54, 1.807) is 0 Å². The molecule has 0 aliphatic carbocycles. The molecule has 0 radical (unpaired) electrons. The maximum absolute atomic E-state index is 13.1. The summed E-state index contributed by atoms with van der Waals surface area (Å²) in [6.07, 6.45) is -2.58. The molecule has 1 saturated heterocycles. The first-order valence-electron chi connectivity index (χ1n) is 8.50. The van der Waals surface area contributed by atoms with Crippen LogP contribution in [0.2, 0.25) is 0 Å². The molecule has 108 valence electrons. The number of rotatable bonds is 2. The van der Waals surface area contributed by atoms with Gasteiger partial charge in [0.15, 0.2) is 0 Å². The molecule has 2 aromatic heterocycles. The van der Waals surface area contributed by atoms with Crippen molar-refractivity contribution in [2.24, 2.45) is 0 Å². The molecule has 1 aliphatic rings. The van der Waals surface area contributed by atoms with Crippen molar-refractivity contribution in [1.82, 2.24) is 14.7 Å². The van der Waals surface area contributed by atoms with Crippen LogP contribution in [0.1, 0.15) is 36.0 Å². The van der Waals surface area contributed by atoms with E-state index in [0.29, 0.717) is 6.42 Å². The number of alkyl halides is 3. The van der Waals surface area contributed by atoms with Crippen molar-refractivity contribution in [3.63, 3.8) is 0 Å². The zero-order valence-electron chi connectivity index (χ0n) is 14.6. The fourth-order valence-electron chi connectivity index (χ4n) is 2.37. The fraction of sp³-hybridized carbons (Fsp3) is 0.500. The van der Waals surface area contributed by atoms with Crippen LogP contribution in [0.5, 0.6) is 0 Å². The van der Waals surface area contributed by atoms with Crippen molar-refractivity contribution >= 4 is 5.65 Å². The molecule has 0 aromatic carbocycles. The molecule has 3 heterocycles. The van der Waals surface area contributed by atoms with Gasteiger partial charge in [-0.15, -0.1) is 0 Å². The van der Waals surface area contributed by atoms with Gasteiger partial charge in [-0.2, -0.15) is 13.2 Å². The lowest BCUT2D eigenvalue weighted by Crippen LogP contribution is -2.35. The molecule has 6 heteroatoms. The Morgan fingerprint density at radius 2 is 2.30 bits per heavy atom. The maximum Gasteiger partial charge on any atom is 0.416 e. The topological polar surface area (TPSA) is 29.3 Å². The van der Waals surface area contributed by atoms with Crippen molar-refractivity contribution in [1.29, 1.82) is 0 Å². The average molecular weight is 287 g/mol. The summed E-state index contributed by atoms with van der Waals surface area (Å²) in [5, 5.41) is 3.27. The van der Waals surface area contributed by atoms with E-state index in [-0.39, 0.29) is 23.6 Å². The van der Waals surface area contributed by atoms with Gasteiger partial charge in [0.05, 0.1) is 16.7 Å². The zero-order valence-corrected chi connectivity index (χ0v) is 10.6. The third kappa shape index (κ3) is 2.80. The second-order valence-corrected chi connectivity index (χ2v) is 4.91. The lowest BCUT2D eigenvalue weighted by molar-refractivity contribution is -0.137. The second-order valence-electron chi connectivity index (χ2n) is 4.91. The smallest absolute Gasteiger partial charge is 0.314 e. The summed E-state index contributed by atoms with van der Waals surface area (Å²) in [5.74, 6) is 0. The summed E-state index contributed by atoms with van der Waals surface area (Å²) in [6.45, 7) is 0.841. The molecular formula is C14H16F3N3. The van der Waals surface area contributed by atoms with Gasteiger partial charge in [-0.05, 0) is 31.5 Å². The van der Waals surface area contributed by atoms with Crippen molar-refractivity contribution in [2.45, 2.75) is 37.9 Å². The molecule has 3 nitrogen and oxygen atoms in total. The summed E-state index contributed by atoms with van der Waals surface area (Å²) in [5.41, 5.74) is -1.62. The number of aromatic nitrogens is 2. The van der Waals surface area contributed by atoms with Crippen LogP contribution in [-0.4, -0.2) is 22.0 Å². The van der Waals surface area contributed by atoms with Gasteiger partial charge in [0.1, 0.15) is 5.65 Å². The van der Waals surface area contributed by atoms with Gasteiger partial charge >= 0.3 is 6.18 Å². The van der Waals surface area contributed by atoms with Gasteiger partial charge in [-0.3, -0.25) is 0 Å². The molecule has 1 atom stereocenters. The van der Waals surface area contributed by atoms with Crippen LogP contribution in [0.25, 0.3) is 5.65 Å². The lowest BCUT2D eigenvalue weighted by Gasteiger charge is -2.22. The Morgan fingerprint density at radius 1 is 1.45 bits per heavy atom. The Bertz CT molecular complexity index is 782. The zero-order chi connectivity index (χ0) is 17.6.